The molecule has 1 heterocycles. The minimum absolute atomic E-state index is 0. The Labute approximate surface area is 59.8 Å². The summed E-state index contributed by atoms with van der Waals surface area (Å²) in [6.45, 7) is 0.750. The van der Waals surface area contributed by atoms with E-state index in [1.807, 2.05) is 13.1 Å². The molecule has 1 aromatic rings. The van der Waals surface area contributed by atoms with Crippen LogP contribution < -0.4 is 5.32 Å². The van der Waals surface area contributed by atoms with Crippen molar-refractivity contribution in [2.24, 2.45) is 0 Å². The van der Waals surface area contributed by atoms with Gasteiger partial charge in [0, 0.05) is 6.07 Å². The molecule has 0 aromatic carbocycles. The van der Waals surface area contributed by atoms with Gasteiger partial charge in [-0.2, -0.15) is 0 Å². The molecule has 9 heavy (non-hydrogen) atoms. The minimum Gasteiger partial charge on any atom is -0.360 e. The van der Waals surface area contributed by atoms with Crippen LogP contribution in [-0.4, -0.2) is 12.2 Å². The van der Waals surface area contributed by atoms with Crippen molar-refractivity contribution in [1.82, 2.24) is 10.5 Å². The van der Waals surface area contributed by atoms with Crippen LogP contribution in [0.1, 0.15) is 5.76 Å². The summed E-state index contributed by atoms with van der Waals surface area (Å²) >= 11 is 0. The Morgan fingerprint density at radius 3 is 3.00 bits per heavy atom. The van der Waals surface area contributed by atoms with Gasteiger partial charge in [-0.1, -0.05) is 5.16 Å². The van der Waals surface area contributed by atoms with Gasteiger partial charge in [-0.15, -0.1) is 12.4 Å². The predicted molar refractivity (Wildman–Crippen MR) is 36.5 cm³/mol. The number of rotatable bonds is 2. The van der Waals surface area contributed by atoms with Crippen molar-refractivity contribution in [2.75, 3.05) is 7.05 Å². The number of aromatic nitrogens is 1. The lowest BCUT2D eigenvalue weighted by molar-refractivity contribution is 0.377. The smallest absolute Gasteiger partial charge is 0.150 e. The summed E-state index contributed by atoms with van der Waals surface area (Å²) in [5, 5.41) is 6.46. The van der Waals surface area contributed by atoms with E-state index in [-0.39, 0.29) is 12.4 Å². The van der Waals surface area contributed by atoms with Crippen molar-refractivity contribution in [1.29, 1.82) is 0 Å². The van der Waals surface area contributed by atoms with Gasteiger partial charge in [0.25, 0.3) is 0 Å². The molecule has 0 bridgehead atoms. The number of halogens is 1. The van der Waals surface area contributed by atoms with Gasteiger partial charge in [0.15, 0.2) is 0 Å². The van der Waals surface area contributed by atoms with Gasteiger partial charge in [0.2, 0.25) is 0 Å². The molecule has 0 atom stereocenters. The Kier molecular flexibility index (Phi) is 4.09. The van der Waals surface area contributed by atoms with Gasteiger partial charge < -0.3 is 9.84 Å². The van der Waals surface area contributed by atoms with Crippen molar-refractivity contribution in [3.05, 3.63) is 18.0 Å². The maximum Gasteiger partial charge on any atom is 0.150 e. The molecule has 0 fully saturated rings. The molecule has 0 radical (unpaired) electrons. The third-order valence-corrected chi connectivity index (χ3v) is 0.842. The van der Waals surface area contributed by atoms with Gasteiger partial charge in [-0.25, -0.2) is 0 Å². The molecule has 0 unspecified atom stereocenters. The van der Waals surface area contributed by atoms with E-state index in [4.69, 9.17) is 4.52 Å². The van der Waals surface area contributed by atoms with E-state index in [0.717, 1.165) is 12.3 Å². The molecular formula is C5H9ClN2O. The van der Waals surface area contributed by atoms with Crippen LogP contribution in [0, 0.1) is 0 Å². The summed E-state index contributed by atoms with van der Waals surface area (Å²) in [5.41, 5.74) is 0. The molecule has 4 heteroatoms. The summed E-state index contributed by atoms with van der Waals surface area (Å²) in [6.07, 6.45) is 1.63. The van der Waals surface area contributed by atoms with Crippen molar-refractivity contribution in [3.63, 3.8) is 0 Å². The Morgan fingerprint density at radius 2 is 2.56 bits per heavy atom. The quantitative estimate of drug-likeness (QED) is 0.675. The van der Waals surface area contributed by atoms with Crippen molar-refractivity contribution < 1.29 is 4.52 Å². The Balaban J connectivity index is 0.000000640. The first-order valence-electron chi connectivity index (χ1n) is 2.47. The Hall–Kier alpha value is -0.540. The standard InChI is InChI=1S/C5H8N2O.ClH/c1-6-4-5-2-3-7-8-5;/h2-3,6H,4H2,1H3;1H. The second kappa shape index (κ2) is 4.35. The highest BCUT2D eigenvalue weighted by atomic mass is 35.5. The molecule has 0 aliphatic heterocycles. The van der Waals surface area contributed by atoms with Crippen molar-refractivity contribution in [2.45, 2.75) is 6.54 Å². The molecule has 0 amide bonds. The van der Waals surface area contributed by atoms with Gasteiger partial charge >= 0.3 is 0 Å². The molecule has 3 nitrogen and oxygen atoms in total. The van der Waals surface area contributed by atoms with E-state index in [1.54, 1.807) is 6.20 Å². The molecule has 1 rings (SSSR count). The van der Waals surface area contributed by atoms with E-state index in [0.29, 0.717) is 0 Å². The SMILES string of the molecule is CNCc1ccno1.Cl. The molecule has 0 aliphatic rings. The van der Waals surface area contributed by atoms with Crippen LogP contribution >= 0.6 is 12.4 Å². The summed E-state index contributed by atoms with van der Waals surface area (Å²) in [4.78, 5) is 0. The fourth-order valence-electron chi connectivity index (χ4n) is 0.508. The predicted octanol–water partition coefficient (Wildman–Crippen LogP) is 0.816. The number of hydrogen-bond donors (Lipinski definition) is 1. The molecule has 0 saturated heterocycles. The molecule has 0 aliphatic carbocycles. The molecule has 1 N–H and O–H groups in total. The number of hydrogen-bond acceptors (Lipinski definition) is 3. The molecule has 52 valence electrons. The molecular weight excluding hydrogens is 140 g/mol. The average molecular weight is 149 g/mol. The normalized spacial score (nSPS) is 8.56. The first-order chi connectivity index (χ1) is 3.93. The second-order valence-electron chi connectivity index (χ2n) is 1.51. The van der Waals surface area contributed by atoms with Crippen LogP contribution in [0.15, 0.2) is 16.8 Å². The summed E-state index contributed by atoms with van der Waals surface area (Å²) in [6, 6.07) is 1.83. The maximum atomic E-state index is 4.76. The van der Waals surface area contributed by atoms with Crippen molar-refractivity contribution in [3.8, 4) is 0 Å². The van der Waals surface area contributed by atoms with Crippen molar-refractivity contribution >= 4 is 12.4 Å². The van der Waals surface area contributed by atoms with Crippen LogP contribution in [0.25, 0.3) is 0 Å². The minimum atomic E-state index is 0. The van der Waals surface area contributed by atoms with Crippen LogP contribution in [0.3, 0.4) is 0 Å². The highest BCUT2D eigenvalue weighted by Crippen LogP contribution is 1.92. The zero-order chi connectivity index (χ0) is 5.82. The Morgan fingerprint density at radius 1 is 1.78 bits per heavy atom. The third kappa shape index (κ3) is 2.49. The lowest BCUT2D eigenvalue weighted by Crippen LogP contribution is -2.03. The first-order valence-corrected chi connectivity index (χ1v) is 2.47. The monoisotopic (exact) mass is 148 g/mol. The van der Waals surface area contributed by atoms with Crippen LogP contribution in [0.5, 0.6) is 0 Å². The molecule has 1 aromatic heterocycles. The van der Waals surface area contributed by atoms with Gasteiger partial charge in [0.1, 0.15) is 5.76 Å². The number of nitrogens with one attached hydrogen (secondary N) is 1. The molecule has 0 saturated carbocycles. The van der Waals surface area contributed by atoms with E-state index in [9.17, 15) is 0 Å². The summed E-state index contributed by atoms with van der Waals surface area (Å²) in [7, 11) is 1.86. The van der Waals surface area contributed by atoms with Gasteiger partial charge in [-0.3, -0.25) is 0 Å². The first kappa shape index (κ1) is 8.46. The van der Waals surface area contributed by atoms with Crippen LogP contribution in [0.4, 0.5) is 0 Å². The highest BCUT2D eigenvalue weighted by molar-refractivity contribution is 5.85. The van der Waals surface area contributed by atoms with Gasteiger partial charge in [0.05, 0.1) is 12.7 Å². The lowest BCUT2D eigenvalue weighted by Gasteiger charge is -1.87. The van der Waals surface area contributed by atoms with E-state index >= 15 is 0 Å². The van der Waals surface area contributed by atoms with E-state index in [2.05, 4.69) is 10.5 Å². The van der Waals surface area contributed by atoms with E-state index in [1.165, 1.54) is 0 Å². The summed E-state index contributed by atoms with van der Waals surface area (Å²) in [5.74, 6) is 0.868. The Bertz CT molecular complexity index is 141. The fraction of sp³-hybridized carbons (Fsp3) is 0.400. The van der Waals surface area contributed by atoms with Crippen LogP contribution in [0.2, 0.25) is 0 Å². The van der Waals surface area contributed by atoms with Crippen LogP contribution in [-0.2, 0) is 6.54 Å². The summed E-state index contributed by atoms with van der Waals surface area (Å²) < 4.78 is 4.76. The average Bonchev–Trinajstić information content (AvgIpc) is 2.19. The largest absolute Gasteiger partial charge is 0.360 e. The van der Waals surface area contributed by atoms with E-state index < -0.39 is 0 Å². The maximum absolute atomic E-state index is 4.76. The zero-order valence-corrected chi connectivity index (χ0v) is 5.94. The van der Waals surface area contributed by atoms with Gasteiger partial charge in [-0.05, 0) is 7.05 Å². The molecule has 0 spiro atoms. The number of nitrogens with zero attached hydrogens (tertiary/aromatic N) is 1. The fourth-order valence-corrected chi connectivity index (χ4v) is 0.508. The zero-order valence-electron chi connectivity index (χ0n) is 5.13. The second-order valence-corrected chi connectivity index (χ2v) is 1.51. The lowest BCUT2D eigenvalue weighted by atomic mass is 10.5. The third-order valence-electron chi connectivity index (χ3n) is 0.842. The topological polar surface area (TPSA) is 38.1 Å². The highest BCUT2D eigenvalue weighted by Gasteiger charge is 1.89.